The van der Waals surface area contributed by atoms with Crippen molar-refractivity contribution in [3.8, 4) is 0 Å². The highest BCUT2D eigenvalue weighted by molar-refractivity contribution is 6.03. The number of aryl methyl sites for hydroxylation is 1. The maximum Gasteiger partial charge on any atom is 0.416 e. The molecule has 162 valence electrons. The largest absolute Gasteiger partial charge is 0.416 e. The molecule has 2 N–H and O–H groups in total. The van der Waals surface area contributed by atoms with E-state index in [-0.39, 0.29) is 23.8 Å². The van der Waals surface area contributed by atoms with Crippen LogP contribution in [0, 0.1) is 6.92 Å². The summed E-state index contributed by atoms with van der Waals surface area (Å²) < 4.78 is 39.8. The topological polar surface area (TPSA) is 88.9 Å². The van der Waals surface area contributed by atoms with Crippen molar-refractivity contribution in [1.29, 1.82) is 0 Å². The normalized spacial score (nSPS) is 11.3. The van der Waals surface area contributed by atoms with Gasteiger partial charge in [-0.25, -0.2) is 4.68 Å². The summed E-state index contributed by atoms with van der Waals surface area (Å²) in [5, 5.41) is 12.8. The molecule has 2 aromatic carbocycles. The number of carbonyl (C=O) groups excluding carboxylic acids is 2. The van der Waals surface area contributed by atoms with Crippen LogP contribution in [0.25, 0.3) is 0 Å². The Labute approximate surface area is 176 Å². The molecule has 0 atom stereocenters. The maximum atomic E-state index is 12.8. The molecule has 0 spiro atoms. The van der Waals surface area contributed by atoms with Gasteiger partial charge in [-0.1, -0.05) is 36.4 Å². The van der Waals surface area contributed by atoms with E-state index < -0.39 is 17.6 Å². The standard InChI is InChI=1S/C21H20F3N5O2/c1-3-14-7-4-5-10-17(14)26-18(30)12-29-13(2)19(27-28-29)20(31)25-16-9-6-8-15(11-16)21(22,23)24/h4-11H,3,12H2,1-2H3,(H,25,31)(H,26,30). The summed E-state index contributed by atoms with van der Waals surface area (Å²) in [6.45, 7) is 3.35. The third-order valence-corrected chi connectivity index (χ3v) is 4.61. The zero-order chi connectivity index (χ0) is 22.6. The molecule has 31 heavy (non-hydrogen) atoms. The number of benzene rings is 2. The van der Waals surface area contributed by atoms with Crippen molar-refractivity contribution >= 4 is 23.2 Å². The van der Waals surface area contributed by atoms with Crippen LogP contribution in [0.5, 0.6) is 0 Å². The van der Waals surface area contributed by atoms with Crippen LogP contribution in [-0.2, 0) is 23.9 Å². The number of halogens is 3. The van der Waals surface area contributed by atoms with Gasteiger partial charge in [-0.2, -0.15) is 13.2 Å². The maximum absolute atomic E-state index is 12.8. The van der Waals surface area contributed by atoms with E-state index in [1.165, 1.54) is 16.8 Å². The Morgan fingerprint density at radius 1 is 1.06 bits per heavy atom. The van der Waals surface area contributed by atoms with Crippen molar-refractivity contribution in [3.63, 3.8) is 0 Å². The molecule has 2 amide bonds. The van der Waals surface area contributed by atoms with Gasteiger partial charge in [-0.05, 0) is 43.2 Å². The number of hydrogen-bond acceptors (Lipinski definition) is 4. The number of hydrogen-bond donors (Lipinski definition) is 2. The van der Waals surface area contributed by atoms with Gasteiger partial charge in [0, 0.05) is 11.4 Å². The van der Waals surface area contributed by atoms with E-state index in [2.05, 4.69) is 20.9 Å². The van der Waals surface area contributed by atoms with Crippen LogP contribution in [0.3, 0.4) is 0 Å². The second kappa shape index (κ2) is 8.99. The SMILES string of the molecule is CCc1ccccc1NC(=O)Cn1nnc(C(=O)Nc2cccc(C(F)(F)F)c2)c1C. The number of alkyl halides is 3. The van der Waals surface area contributed by atoms with Crippen LogP contribution in [0.2, 0.25) is 0 Å². The number of aromatic nitrogens is 3. The molecule has 0 saturated carbocycles. The highest BCUT2D eigenvalue weighted by atomic mass is 19.4. The van der Waals surface area contributed by atoms with Crippen LogP contribution in [0.4, 0.5) is 24.5 Å². The zero-order valence-electron chi connectivity index (χ0n) is 16.8. The second-order valence-corrected chi connectivity index (χ2v) is 6.77. The minimum Gasteiger partial charge on any atom is -0.324 e. The Morgan fingerprint density at radius 2 is 1.81 bits per heavy atom. The lowest BCUT2D eigenvalue weighted by Crippen LogP contribution is -2.21. The summed E-state index contributed by atoms with van der Waals surface area (Å²) in [4.78, 5) is 24.9. The predicted octanol–water partition coefficient (Wildman–Crippen LogP) is 4.06. The number of nitrogens with one attached hydrogen (secondary N) is 2. The smallest absolute Gasteiger partial charge is 0.324 e. The Kier molecular flexibility index (Phi) is 6.38. The quantitative estimate of drug-likeness (QED) is 0.616. The van der Waals surface area contributed by atoms with E-state index in [0.717, 1.165) is 24.1 Å². The molecular formula is C21H20F3N5O2. The molecule has 0 fully saturated rings. The monoisotopic (exact) mass is 431 g/mol. The fourth-order valence-electron chi connectivity index (χ4n) is 2.96. The highest BCUT2D eigenvalue weighted by Crippen LogP contribution is 2.30. The van der Waals surface area contributed by atoms with Gasteiger partial charge in [0.15, 0.2) is 5.69 Å². The highest BCUT2D eigenvalue weighted by Gasteiger charge is 2.30. The van der Waals surface area contributed by atoms with Crippen LogP contribution < -0.4 is 10.6 Å². The molecule has 0 radical (unpaired) electrons. The van der Waals surface area contributed by atoms with Gasteiger partial charge >= 0.3 is 6.18 Å². The van der Waals surface area contributed by atoms with Crippen molar-refractivity contribution in [2.75, 3.05) is 10.6 Å². The third-order valence-electron chi connectivity index (χ3n) is 4.61. The first-order valence-corrected chi connectivity index (χ1v) is 9.45. The van der Waals surface area contributed by atoms with E-state index in [1.807, 2.05) is 25.1 Å². The molecule has 0 bridgehead atoms. The molecule has 10 heteroatoms. The molecule has 1 heterocycles. The molecule has 0 aliphatic carbocycles. The van der Waals surface area contributed by atoms with Gasteiger partial charge in [0.25, 0.3) is 5.91 Å². The average molecular weight is 431 g/mol. The molecule has 3 rings (SSSR count). The molecule has 0 unspecified atom stereocenters. The Balaban J connectivity index is 1.69. The summed E-state index contributed by atoms with van der Waals surface area (Å²) in [6.07, 6.45) is -3.78. The Morgan fingerprint density at radius 3 is 2.52 bits per heavy atom. The van der Waals surface area contributed by atoms with Crippen molar-refractivity contribution in [2.45, 2.75) is 33.0 Å². The number of nitrogens with zero attached hydrogens (tertiary/aromatic N) is 3. The fourth-order valence-corrected chi connectivity index (χ4v) is 2.96. The number of anilines is 2. The van der Waals surface area contributed by atoms with E-state index in [1.54, 1.807) is 13.0 Å². The molecule has 7 nitrogen and oxygen atoms in total. The van der Waals surface area contributed by atoms with Crippen molar-refractivity contribution in [1.82, 2.24) is 15.0 Å². The van der Waals surface area contributed by atoms with Crippen LogP contribution in [0.1, 0.15) is 34.2 Å². The number of para-hydroxylation sites is 1. The lowest BCUT2D eigenvalue weighted by Gasteiger charge is -2.10. The minimum absolute atomic E-state index is 0.0253. The summed E-state index contributed by atoms with van der Waals surface area (Å²) in [6, 6.07) is 11.7. The molecule has 0 saturated heterocycles. The second-order valence-electron chi connectivity index (χ2n) is 6.77. The van der Waals surface area contributed by atoms with Gasteiger partial charge in [0.1, 0.15) is 6.54 Å². The van der Waals surface area contributed by atoms with Gasteiger partial charge < -0.3 is 10.6 Å². The Hall–Kier alpha value is -3.69. The van der Waals surface area contributed by atoms with Crippen molar-refractivity contribution in [3.05, 3.63) is 71.0 Å². The van der Waals surface area contributed by atoms with Crippen molar-refractivity contribution in [2.24, 2.45) is 0 Å². The molecule has 0 aliphatic rings. The first-order valence-electron chi connectivity index (χ1n) is 9.45. The summed E-state index contributed by atoms with van der Waals surface area (Å²) >= 11 is 0. The van der Waals surface area contributed by atoms with Crippen LogP contribution >= 0.6 is 0 Å². The van der Waals surface area contributed by atoms with E-state index in [0.29, 0.717) is 11.4 Å². The minimum atomic E-state index is -4.52. The zero-order valence-corrected chi connectivity index (χ0v) is 16.8. The van der Waals surface area contributed by atoms with Gasteiger partial charge in [-0.15, -0.1) is 5.10 Å². The van der Waals surface area contributed by atoms with Gasteiger partial charge in [0.2, 0.25) is 5.91 Å². The number of carbonyl (C=O) groups is 2. The summed E-state index contributed by atoms with van der Waals surface area (Å²) in [5.41, 5.74) is 0.988. The third kappa shape index (κ3) is 5.27. The molecule has 3 aromatic rings. The van der Waals surface area contributed by atoms with Gasteiger partial charge in [-0.3, -0.25) is 9.59 Å². The van der Waals surface area contributed by atoms with Crippen molar-refractivity contribution < 1.29 is 22.8 Å². The Bertz CT molecular complexity index is 1110. The van der Waals surface area contributed by atoms with Crippen LogP contribution in [0.15, 0.2) is 48.5 Å². The summed E-state index contributed by atoms with van der Waals surface area (Å²) in [7, 11) is 0. The van der Waals surface area contributed by atoms with Crippen LogP contribution in [-0.4, -0.2) is 26.8 Å². The van der Waals surface area contributed by atoms with E-state index >= 15 is 0 Å². The molecular weight excluding hydrogens is 411 g/mol. The molecule has 1 aromatic heterocycles. The van der Waals surface area contributed by atoms with Gasteiger partial charge in [0.05, 0.1) is 11.3 Å². The lowest BCUT2D eigenvalue weighted by molar-refractivity contribution is -0.137. The fraction of sp³-hybridized carbons (Fsp3) is 0.238. The molecule has 0 aliphatic heterocycles. The average Bonchev–Trinajstić information content (AvgIpc) is 3.08. The first kappa shape index (κ1) is 22.0. The number of amides is 2. The summed E-state index contributed by atoms with van der Waals surface area (Å²) in [5.74, 6) is -1.07. The van der Waals surface area contributed by atoms with E-state index in [4.69, 9.17) is 0 Å². The lowest BCUT2D eigenvalue weighted by atomic mass is 10.1. The van der Waals surface area contributed by atoms with E-state index in [9.17, 15) is 22.8 Å². The first-order chi connectivity index (χ1) is 14.7. The predicted molar refractivity (Wildman–Crippen MR) is 109 cm³/mol. The number of rotatable bonds is 6.